The first-order chi connectivity index (χ1) is 20.8. The minimum atomic E-state index is -0.977. The van der Waals surface area contributed by atoms with Gasteiger partial charge in [-0.25, -0.2) is 13.6 Å². The lowest BCUT2D eigenvalue weighted by Crippen LogP contribution is -2.49. The molecule has 0 bridgehead atoms. The quantitative estimate of drug-likeness (QED) is 0.211. The van der Waals surface area contributed by atoms with E-state index in [0.717, 1.165) is 34.6 Å². The van der Waals surface area contributed by atoms with Crippen molar-refractivity contribution >= 4 is 45.0 Å². The molecule has 4 aromatic rings. The summed E-state index contributed by atoms with van der Waals surface area (Å²) >= 11 is 7.34. The van der Waals surface area contributed by atoms with Gasteiger partial charge in [0.1, 0.15) is 22.3 Å². The molecule has 0 spiro atoms. The number of rotatable bonds is 7. The smallest absolute Gasteiger partial charge is 0.407 e. The van der Waals surface area contributed by atoms with Crippen molar-refractivity contribution < 1.29 is 28.6 Å². The Balaban J connectivity index is 1.50. The number of nitrogens with zero attached hydrogens (tertiary/aromatic N) is 3. The van der Waals surface area contributed by atoms with E-state index in [1.807, 2.05) is 32.9 Å². The van der Waals surface area contributed by atoms with Crippen LogP contribution in [-0.2, 0) is 6.54 Å². The lowest BCUT2D eigenvalue weighted by molar-refractivity contribution is 0.0492. The number of phenolic OH excluding ortho intramolecular Hbond substituents is 1. The maximum atomic E-state index is 14.7. The fraction of sp³-hybridized carbons (Fsp3) is 0.364. The number of phenols is 1. The lowest BCUT2D eigenvalue weighted by Gasteiger charge is -2.41. The highest BCUT2D eigenvalue weighted by Crippen LogP contribution is 2.41. The number of halogens is 3. The number of aromatic nitrogens is 1. The molecule has 2 amide bonds. The van der Waals surface area contributed by atoms with Crippen molar-refractivity contribution in [2.75, 3.05) is 6.54 Å². The zero-order valence-electron chi connectivity index (χ0n) is 24.7. The van der Waals surface area contributed by atoms with Crippen LogP contribution in [0.3, 0.4) is 0 Å². The highest BCUT2D eigenvalue weighted by atomic mass is 35.5. The Kier molecular flexibility index (Phi) is 9.13. The van der Waals surface area contributed by atoms with Crippen LogP contribution in [0.25, 0.3) is 21.2 Å². The van der Waals surface area contributed by atoms with E-state index in [9.17, 15) is 28.6 Å². The summed E-state index contributed by atoms with van der Waals surface area (Å²) in [6.45, 7) is 6.36. The Morgan fingerprint density at radius 2 is 1.57 bits per heavy atom. The summed E-state index contributed by atoms with van der Waals surface area (Å²) in [5.74, 6) is -1.90. The maximum absolute atomic E-state index is 14.7. The molecule has 0 atom stereocenters. The first-order valence-corrected chi connectivity index (χ1v) is 15.6. The molecule has 7 nitrogen and oxygen atoms in total. The van der Waals surface area contributed by atoms with Gasteiger partial charge < -0.3 is 20.0 Å². The number of carbonyl (C=O) groups excluding carboxylic acids is 1. The van der Waals surface area contributed by atoms with Crippen LogP contribution in [0.1, 0.15) is 61.7 Å². The monoisotopic (exact) mass is 641 g/mol. The average molecular weight is 642 g/mol. The molecule has 11 heteroatoms. The molecule has 2 aromatic heterocycles. The molecule has 2 aromatic carbocycles. The Hall–Kier alpha value is -3.76. The molecule has 44 heavy (non-hydrogen) atoms. The molecule has 0 saturated heterocycles. The molecular formula is C33H34ClF2N3O4S. The van der Waals surface area contributed by atoms with Gasteiger partial charge in [-0.3, -0.25) is 9.78 Å². The predicted molar refractivity (Wildman–Crippen MR) is 168 cm³/mol. The minimum Gasteiger partial charge on any atom is -0.508 e. The first-order valence-electron chi connectivity index (χ1n) is 14.4. The number of fused-ring (bicyclic) bond motifs is 1. The fourth-order valence-electron chi connectivity index (χ4n) is 5.90. The van der Waals surface area contributed by atoms with Crippen LogP contribution in [0.5, 0.6) is 5.75 Å². The van der Waals surface area contributed by atoms with Crippen molar-refractivity contribution in [3.05, 3.63) is 82.0 Å². The van der Waals surface area contributed by atoms with E-state index in [4.69, 9.17) is 11.6 Å². The third-order valence-electron chi connectivity index (χ3n) is 8.01. The van der Waals surface area contributed by atoms with Gasteiger partial charge in [-0.15, -0.1) is 11.3 Å². The minimum absolute atomic E-state index is 0.00366. The van der Waals surface area contributed by atoms with Crippen molar-refractivity contribution in [1.82, 2.24) is 14.8 Å². The number of carbonyl (C=O) groups is 2. The van der Waals surface area contributed by atoms with Gasteiger partial charge in [0.05, 0.1) is 15.1 Å². The molecule has 0 radical (unpaired) electrons. The van der Waals surface area contributed by atoms with E-state index in [1.165, 1.54) is 4.90 Å². The van der Waals surface area contributed by atoms with Crippen LogP contribution in [0.2, 0.25) is 5.02 Å². The van der Waals surface area contributed by atoms with Gasteiger partial charge in [0, 0.05) is 43.1 Å². The zero-order valence-corrected chi connectivity index (χ0v) is 26.3. The van der Waals surface area contributed by atoms with Crippen molar-refractivity contribution in [3.8, 4) is 16.9 Å². The van der Waals surface area contributed by atoms with Crippen LogP contribution < -0.4 is 0 Å². The average Bonchev–Trinajstić information content (AvgIpc) is 3.35. The van der Waals surface area contributed by atoms with Gasteiger partial charge in [0.2, 0.25) is 0 Å². The van der Waals surface area contributed by atoms with Gasteiger partial charge in [-0.1, -0.05) is 38.4 Å². The number of pyridine rings is 1. The van der Waals surface area contributed by atoms with Crippen molar-refractivity contribution in [2.24, 2.45) is 5.41 Å². The van der Waals surface area contributed by atoms with Crippen LogP contribution in [0.15, 0.2) is 54.9 Å². The highest BCUT2D eigenvalue weighted by Gasteiger charge is 2.36. The molecular weight excluding hydrogens is 608 g/mol. The van der Waals surface area contributed by atoms with Crippen molar-refractivity contribution in [2.45, 2.75) is 65.1 Å². The number of aromatic hydroxyl groups is 1. The Bertz CT molecular complexity index is 1680. The first kappa shape index (κ1) is 31.7. The molecule has 2 N–H and O–H groups in total. The van der Waals surface area contributed by atoms with Gasteiger partial charge in [0.25, 0.3) is 5.91 Å². The van der Waals surface area contributed by atoms with Crippen LogP contribution in [0.4, 0.5) is 13.6 Å². The molecule has 1 saturated carbocycles. The summed E-state index contributed by atoms with van der Waals surface area (Å²) in [6.07, 6.45) is 4.42. The topological polar surface area (TPSA) is 94.0 Å². The molecule has 232 valence electrons. The fourth-order valence-corrected chi connectivity index (χ4v) is 7.40. The third-order valence-corrected chi connectivity index (χ3v) is 9.69. The molecule has 1 aliphatic rings. The van der Waals surface area contributed by atoms with E-state index in [-0.39, 0.29) is 49.8 Å². The van der Waals surface area contributed by atoms with Crippen molar-refractivity contribution in [3.63, 3.8) is 0 Å². The van der Waals surface area contributed by atoms with Crippen molar-refractivity contribution in [1.29, 1.82) is 0 Å². The molecule has 2 heterocycles. The summed E-state index contributed by atoms with van der Waals surface area (Å²) in [5.41, 5.74) is 1.96. The normalized spacial score (nSPS) is 17.0. The summed E-state index contributed by atoms with van der Waals surface area (Å²) in [4.78, 5) is 33.6. The van der Waals surface area contributed by atoms with E-state index in [0.29, 0.717) is 37.8 Å². The Morgan fingerprint density at radius 3 is 2.16 bits per heavy atom. The van der Waals surface area contributed by atoms with Gasteiger partial charge >= 0.3 is 6.09 Å². The molecule has 5 rings (SSSR count). The maximum Gasteiger partial charge on any atom is 0.407 e. The Labute approximate surface area is 263 Å². The molecule has 1 aliphatic carbocycles. The summed E-state index contributed by atoms with van der Waals surface area (Å²) in [7, 11) is 0. The summed E-state index contributed by atoms with van der Waals surface area (Å²) in [6, 6.07) is 10.3. The number of thiophene rings is 1. The second-order valence-corrected chi connectivity index (χ2v) is 13.8. The van der Waals surface area contributed by atoms with Crippen LogP contribution >= 0.6 is 22.9 Å². The van der Waals surface area contributed by atoms with Crippen LogP contribution in [0, 0.1) is 17.0 Å². The van der Waals surface area contributed by atoms with Crippen LogP contribution in [-0.4, -0.2) is 55.6 Å². The molecule has 1 fully saturated rings. The molecule has 0 aliphatic heterocycles. The van der Waals surface area contributed by atoms with E-state index in [2.05, 4.69) is 4.98 Å². The van der Waals surface area contributed by atoms with Gasteiger partial charge in [-0.05, 0) is 78.6 Å². The second-order valence-electron chi connectivity index (χ2n) is 12.4. The van der Waals surface area contributed by atoms with E-state index < -0.39 is 23.6 Å². The van der Waals surface area contributed by atoms with E-state index >= 15 is 0 Å². The van der Waals surface area contributed by atoms with Gasteiger partial charge in [-0.2, -0.15) is 0 Å². The number of amides is 2. The number of benzene rings is 2. The zero-order chi connectivity index (χ0) is 31.8. The highest BCUT2D eigenvalue weighted by molar-refractivity contribution is 7.21. The standard InChI is InChI=1S/C33H34ClF2N3O4S/c1-33(2,3)18-39(32(42)43)23-7-5-22(6-8-23)38(17-21-16-20(4-11-26(21)40)19-12-14-37-15-13-19)31(41)30-28(34)27-24(35)9-10-25(36)29(27)44-30/h4,9-16,22-23,40H,5-8,17-18H2,1-3H3,(H,42,43). The summed E-state index contributed by atoms with van der Waals surface area (Å²) in [5, 5.41) is 20.5. The lowest BCUT2D eigenvalue weighted by atomic mass is 9.87. The second kappa shape index (κ2) is 12.7. The third kappa shape index (κ3) is 6.66. The number of carboxylic acid groups (broad SMARTS) is 1. The predicted octanol–water partition coefficient (Wildman–Crippen LogP) is 8.58. The largest absolute Gasteiger partial charge is 0.508 e. The molecule has 0 unspecified atom stereocenters. The van der Waals surface area contributed by atoms with E-state index in [1.54, 1.807) is 35.5 Å². The summed E-state index contributed by atoms with van der Waals surface area (Å²) < 4.78 is 29.3. The van der Waals surface area contributed by atoms with Gasteiger partial charge in [0.15, 0.2) is 0 Å². The Morgan fingerprint density at radius 1 is 0.955 bits per heavy atom. The number of hydrogen-bond donors (Lipinski definition) is 2. The number of hydrogen-bond acceptors (Lipinski definition) is 5. The SMILES string of the molecule is CC(C)(C)CN(C(=O)O)C1CCC(N(Cc2cc(-c3ccncc3)ccc2O)C(=O)c2sc3c(F)ccc(F)c3c2Cl)CC1.